The van der Waals surface area contributed by atoms with Gasteiger partial charge in [-0.15, -0.1) is 11.3 Å². The Labute approximate surface area is 102 Å². The van der Waals surface area contributed by atoms with Crippen molar-refractivity contribution in [3.8, 4) is 0 Å². The van der Waals surface area contributed by atoms with E-state index < -0.39 is 0 Å². The highest BCUT2D eigenvalue weighted by Gasteiger charge is 2.14. The minimum absolute atomic E-state index is 0.221. The maximum absolute atomic E-state index is 12.1. The number of halogens is 1. The van der Waals surface area contributed by atoms with Gasteiger partial charge in [-0.05, 0) is 53.3 Å². The molecular weight excluding hydrogens is 272 g/mol. The largest absolute Gasteiger partial charge is 0.289 e. The van der Waals surface area contributed by atoms with Crippen molar-refractivity contribution in [3.05, 3.63) is 32.4 Å². The van der Waals surface area contributed by atoms with Crippen LogP contribution < -0.4 is 0 Å². The van der Waals surface area contributed by atoms with E-state index in [0.29, 0.717) is 0 Å². The summed E-state index contributed by atoms with van der Waals surface area (Å²) in [5.41, 5.74) is 1.85. The number of thiophene rings is 1. The Morgan fingerprint density at radius 3 is 2.93 bits per heavy atom. The molecule has 1 aromatic rings. The van der Waals surface area contributed by atoms with E-state index in [-0.39, 0.29) is 5.78 Å². The number of allylic oxidation sites excluding steroid dienone is 2. The molecule has 0 unspecified atom stereocenters. The van der Waals surface area contributed by atoms with Crippen molar-refractivity contribution in [2.75, 3.05) is 0 Å². The predicted molar refractivity (Wildman–Crippen MR) is 67.5 cm³/mol. The summed E-state index contributed by atoms with van der Waals surface area (Å²) in [5.74, 6) is 0.221. The van der Waals surface area contributed by atoms with E-state index in [1.54, 1.807) is 11.3 Å². The monoisotopic (exact) mass is 284 g/mol. The zero-order chi connectivity index (χ0) is 10.7. The molecule has 0 spiro atoms. The number of hydrogen-bond donors (Lipinski definition) is 0. The van der Waals surface area contributed by atoms with Gasteiger partial charge >= 0.3 is 0 Å². The molecule has 1 aromatic heterocycles. The van der Waals surface area contributed by atoms with Crippen LogP contribution in [-0.4, -0.2) is 5.78 Å². The second kappa shape index (κ2) is 5.08. The van der Waals surface area contributed by atoms with Crippen molar-refractivity contribution in [2.45, 2.75) is 32.1 Å². The molecule has 0 amide bonds. The molecule has 1 heterocycles. The summed E-state index contributed by atoms with van der Waals surface area (Å²) in [4.78, 5) is 12.1. The zero-order valence-electron chi connectivity index (χ0n) is 8.46. The van der Waals surface area contributed by atoms with Crippen LogP contribution >= 0.6 is 27.3 Å². The lowest BCUT2D eigenvalue weighted by molar-refractivity contribution is 0.103. The standard InChI is InChI=1S/C12H13BrOS/c13-11-7-10(8-15-11)12(14)9-5-3-1-2-4-6-9/h5,7-8H,1-4,6H2. The van der Waals surface area contributed by atoms with Crippen LogP contribution in [0.25, 0.3) is 0 Å². The highest BCUT2D eigenvalue weighted by Crippen LogP contribution is 2.25. The first kappa shape index (κ1) is 11.1. The Balaban J connectivity index is 2.16. The van der Waals surface area contributed by atoms with Crippen LogP contribution in [0.3, 0.4) is 0 Å². The Kier molecular flexibility index (Phi) is 3.76. The number of carbonyl (C=O) groups is 1. The van der Waals surface area contributed by atoms with E-state index >= 15 is 0 Å². The first-order valence-corrected chi connectivity index (χ1v) is 6.92. The van der Waals surface area contributed by atoms with Gasteiger partial charge < -0.3 is 0 Å². The molecule has 15 heavy (non-hydrogen) atoms. The van der Waals surface area contributed by atoms with Crippen molar-refractivity contribution in [2.24, 2.45) is 0 Å². The lowest BCUT2D eigenvalue weighted by Crippen LogP contribution is -2.01. The average Bonchev–Trinajstić information content (AvgIpc) is 2.53. The lowest BCUT2D eigenvalue weighted by atomic mass is 10.0. The van der Waals surface area contributed by atoms with Crippen molar-refractivity contribution in [1.29, 1.82) is 0 Å². The van der Waals surface area contributed by atoms with Gasteiger partial charge in [0, 0.05) is 10.9 Å². The molecule has 1 nitrogen and oxygen atoms in total. The van der Waals surface area contributed by atoms with Gasteiger partial charge in [0.15, 0.2) is 5.78 Å². The first-order chi connectivity index (χ1) is 7.27. The summed E-state index contributed by atoms with van der Waals surface area (Å²) in [5, 5.41) is 1.93. The van der Waals surface area contributed by atoms with E-state index in [1.807, 2.05) is 11.4 Å². The second-order valence-corrected chi connectivity index (χ2v) is 6.09. The second-order valence-electron chi connectivity index (χ2n) is 3.80. The van der Waals surface area contributed by atoms with Crippen LogP contribution in [0.5, 0.6) is 0 Å². The van der Waals surface area contributed by atoms with Gasteiger partial charge in [0.25, 0.3) is 0 Å². The number of carbonyl (C=O) groups excluding carboxylic acids is 1. The topological polar surface area (TPSA) is 17.1 Å². The third kappa shape index (κ3) is 2.79. The van der Waals surface area contributed by atoms with Crippen LogP contribution in [0.2, 0.25) is 0 Å². The zero-order valence-corrected chi connectivity index (χ0v) is 10.9. The maximum atomic E-state index is 12.1. The van der Waals surface area contributed by atoms with Gasteiger partial charge in [0.1, 0.15) is 0 Å². The fraction of sp³-hybridized carbons (Fsp3) is 0.417. The van der Waals surface area contributed by atoms with Crippen LogP contribution in [0.4, 0.5) is 0 Å². The first-order valence-electron chi connectivity index (χ1n) is 5.25. The van der Waals surface area contributed by atoms with Gasteiger partial charge in [0.05, 0.1) is 3.79 Å². The molecule has 2 rings (SSSR count). The van der Waals surface area contributed by atoms with Crippen LogP contribution in [0.15, 0.2) is 26.9 Å². The summed E-state index contributed by atoms with van der Waals surface area (Å²) in [6.45, 7) is 0. The van der Waals surface area contributed by atoms with E-state index in [0.717, 1.165) is 34.2 Å². The Hall–Kier alpha value is -0.410. The molecule has 80 valence electrons. The molecule has 1 aliphatic rings. The maximum Gasteiger partial charge on any atom is 0.189 e. The van der Waals surface area contributed by atoms with Gasteiger partial charge in [-0.2, -0.15) is 0 Å². The van der Waals surface area contributed by atoms with Gasteiger partial charge in [0.2, 0.25) is 0 Å². The summed E-state index contributed by atoms with van der Waals surface area (Å²) < 4.78 is 1.03. The van der Waals surface area contributed by atoms with Crippen LogP contribution in [0, 0.1) is 0 Å². The minimum Gasteiger partial charge on any atom is -0.289 e. The Morgan fingerprint density at radius 2 is 2.20 bits per heavy atom. The minimum atomic E-state index is 0.221. The molecule has 0 aromatic carbocycles. The molecule has 1 aliphatic carbocycles. The van der Waals surface area contributed by atoms with E-state index in [4.69, 9.17) is 0 Å². The smallest absolute Gasteiger partial charge is 0.189 e. The molecule has 0 radical (unpaired) electrons. The summed E-state index contributed by atoms with van der Waals surface area (Å²) in [6.07, 6.45) is 7.77. The third-order valence-electron chi connectivity index (χ3n) is 2.66. The SMILES string of the molecule is O=C(C1=CCCCCC1)c1csc(Br)c1. The molecule has 0 bridgehead atoms. The molecule has 0 aliphatic heterocycles. The number of hydrogen-bond acceptors (Lipinski definition) is 2. The van der Waals surface area contributed by atoms with Crippen LogP contribution in [0.1, 0.15) is 42.5 Å². The van der Waals surface area contributed by atoms with Gasteiger partial charge in [-0.1, -0.05) is 12.5 Å². The Bertz CT molecular complexity index is 392. The predicted octanol–water partition coefficient (Wildman–Crippen LogP) is 4.58. The van der Waals surface area contributed by atoms with Crippen molar-refractivity contribution >= 4 is 33.0 Å². The molecule has 3 heteroatoms. The summed E-state index contributed by atoms with van der Waals surface area (Å²) in [7, 11) is 0. The van der Waals surface area contributed by atoms with Crippen molar-refractivity contribution in [1.82, 2.24) is 0 Å². The van der Waals surface area contributed by atoms with Gasteiger partial charge in [-0.25, -0.2) is 0 Å². The van der Waals surface area contributed by atoms with Crippen molar-refractivity contribution in [3.63, 3.8) is 0 Å². The lowest BCUT2D eigenvalue weighted by Gasteiger charge is -2.01. The Morgan fingerprint density at radius 1 is 1.33 bits per heavy atom. The molecule has 0 fully saturated rings. The molecule has 0 saturated carbocycles. The average molecular weight is 285 g/mol. The van der Waals surface area contributed by atoms with Crippen molar-refractivity contribution < 1.29 is 4.79 Å². The van der Waals surface area contributed by atoms with Gasteiger partial charge in [-0.3, -0.25) is 4.79 Å². The number of ketones is 1. The third-order valence-corrected chi connectivity index (χ3v) is 4.17. The molecule has 0 N–H and O–H groups in total. The van der Waals surface area contributed by atoms with E-state index in [9.17, 15) is 4.79 Å². The molecule has 0 atom stereocenters. The molecular formula is C12H13BrOS. The van der Waals surface area contributed by atoms with Crippen LogP contribution in [-0.2, 0) is 0 Å². The summed E-state index contributed by atoms with van der Waals surface area (Å²) in [6, 6.07) is 1.92. The normalized spacial score (nSPS) is 17.0. The quantitative estimate of drug-likeness (QED) is 0.727. The fourth-order valence-electron chi connectivity index (χ4n) is 1.84. The highest BCUT2D eigenvalue weighted by molar-refractivity contribution is 9.11. The fourth-order valence-corrected chi connectivity index (χ4v) is 2.97. The highest BCUT2D eigenvalue weighted by atomic mass is 79.9. The number of Topliss-reactive ketones (excluding diaryl/α,β-unsaturated/α-hetero) is 1. The molecule has 0 saturated heterocycles. The number of rotatable bonds is 2. The van der Waals surface area contributed by atoms with E-state index in [2.05, 4.69) is 22.0 Å². The summed E-state index contributed by atoms with van der Waals surface area (Å²) >= 11 is 4.96. The van der Waals surface area contributed by atoms with E-state index in [1.165, 1.54) is 12.8 Å².